The Labute approximate surface area is 129 Å². The zero-order valence-corrected chi connectivity index (χ0v) is 13.2. The van der Waals surface area contributed by atoms with Crippen molar-refractivity contribution in [1.29, 1.82) is 0 Å². The molecule has 0 saturated carbocycles. The van der Waals surface area contributed by atoms with Gasteiger partial charge in [0.05, 0.1) is 0 Å². The first kappa shape index (κ1) is 15.8. The van der Waals surface area contributed by atoms with Crippen molar-refractivity contribution in [2.75, 3.05) is 7.05 Å². The second-order valence-corrected chi connectivity index (χ2v) is 5.48. The second-order valence-electron chi connectivity index (χ2n) is 5.08. The van der Waals surface area contributed by atoms with E-state index in [2.05, 4.69) is 5.32 Å². The average molecular weight is 308 g/mol. The lowest BCUT2D eigenvalue weighted by atomic mass is 10.1. The minimum absolute atomic E-state index is 0.00388. The van der Waals surface area contributed by atoms with Crippen LogP contribution in [0.25, 0.3) is 0 Å². The zero-order chi connectivity index (χ0) is 15.4. The molecule has 0 spiro atoms. The van der Waals surface area contributed by atoms with Gasteiger partial charge in [-0.1, -0.05) is 23.7 Å². The normalized spacial score (nSPS) is 12.2. The van der Waals surface area contributed by atoms with E-state index in [1.165, 1.54) is 12.1 Å². The fourth-order valence-electron chi connectivity index (χ4n) is 2.07. The van der Waals surface area contributed by atoms with E-state index >= 15 is 0 Å². The first-order valence-electron chi connectivity index (χ1n) is 6.86. The highest BCUT2D eigenvalue weighted by atomic mass is 35.5. The lowest BCUT2D eigenvalue weighted by Gasteiger charge is -2.17. The molecule has 0 aromatic heterocycles. The summed E-state index contributed by atoms with van der Waals surface area (Å²) >= 11 is 6.20. The van der Waals surface area contributed by atoms with Crippen LogP contribution in [0.4, 0.5) is 4.39 Å². The summed E-state index contributed by atoms with van der Waals surface area (Å²) in [6, 6.07) is 10.4. The molecule has 2 aromatic rings. The maximum atomic E-state index is 13.4. The van der Waals surface area contributed by atoms with Gasteiger partial charge in [-0.2, -0.15) is 0 Å². The molecule has 2 rings (SSSR count). The third-order valence-corrected chi connectivity index (χ3v) is 3.81. The Balaban J connectivity index is 2.19. The van der Waals surface area contributed by atoms with Gasteiger partial charge in [0.15, 0.2) is 0 Å². The molecule has 0 aliphatic rings. The molecule has 21 heavy (non-hydrogen) atoms. The molecule has 112 valence electrons. The van der Waals surface area contributed by atoms with Crippen LogP contribution in [-0.2, 0) is 6.61 Å². The standard InChI is InChI=1S/C17H19ClFNO/c1-11-4-5-13(16(18)8-11)10-21-17-7-6-14(19)9-15(17)12(2)20-3/h4-9,12,20H,10H2,1-3H3. The summed E-state index contributed by atoms with van der Waals surface area (Å²) in [5.41, 5.74) is 2.81. The molecule has 0 radical (unpaired) electrons. The van der Waals surface area contributed by atoms with E-state index in [0.29, 0.717) is 17.4 Å². The summed E-state index contributed by atoms with van der Waals surface area (Å²) in [6.45, 7) is 4.30. The van der Waals surface area contributed by atoms with Crippen molar-refractivity contribution >= 4 is 11.6 Å². The molecule has 0 heterocycles. The highest BCUT2D eigenvalue weighted by Gasteiger charge is 2.12. The topological polar surface area (TPSA) is 21.3 Å². The molecule has 0 amide bonds. The van der Waals surface area contributed by atoms with Crippen LogP contribution in [0.15, 0.2) is 36.4 Å². The highest BCUT2D eigenvalue weighted by molar-refractivity contribution is 6.31. The third kappa shape index (κ3) is 3.96. The lowest BCUT2D eigenvalue weighted by molar-refractivity contribution is 0.299. The molecule has 1 N–H and O–H groups in total. The van der Waals surface area contributed by atoms with Crippen LogP contribution in [0.3, 0.4) is 0 Å². The van der Waals surface area contributed by atoms with Crippen LogP contribution in [0, 0.1) is 12.7 Å². The maximum Gasteiger partial charge on any atom is 0.124 e. The van der Waals surface area contributed by atoms with Crippen molar-refractivity contribution in [2.24, 2.45) is 0 Å². The van der Waals surface area contributed by atoms with Crippen molar-refractivity contribution in [2.45, 2.75) is 26.5 Å². The zero-order valence-electron chi connectivity index (χ0n) is 12.4. The van der Waals surface area contributed by atoms with Gasteiger partial charge in [-0.25, -0.2) is 4.39 Å². The van der Waals surface area contributed by atoms with E-state index in [1.54, 1.807) is 6.07 Å². The molecule has 0 aliphatic heterocycles. The predicted octanol–water partition coefficient (Wildman–Crippen LogP) is 4.65. The van der Waals surface area contributed by atoms with Crippen LogP contribution in [0.1, 0.15) is 29.7 Å². The van der Waals surface area contributed by atoms with Gasteiger partial charge in [0.25, 0.3) is 0 Å². The SMILES string of the molecule is CNC(C)c1cc(F)ccc1OCc1ccc(C)cc1Cl. The molecule has 0 saturated heterocycles. The Morgan fingerprint density at radius 2 is 2.00 bits per heavy atom. The number of nitrogens with one attached hydrogen (secondary N) is 1. The third-order valence-electron chi connectivity index (χ3n) is 3.46. The number of hydrogen-bond donors (Lipinski definition) is 1. The second kappa shape index (κ2) is 6.92. The lowest BCUT2D eigenvalue weighted by Crippen LogP contribution is -2.14. The Hall–Kier alpha value is -1.58. The number of rotatable bonds is 5. The molecule has 0 bridgehead atoms. The van der Waals surface area contributed by atoms with Crippen molar-refractivity contribution in [3.63, 3.8) is 0 Å². The Kier molecular flexibility index (Phi) is 5.21. The average Bonchev–Trinajstić information content (AvgIpc) is 2.46. The number of hydrogen-bond acceptors (Lipinski definition) is 2. The minimum Gasteiger partial charge on any atom is -0.489 e. The van der Waals surface area contributed by atoms with Gasteiger partial charge in [-0.15, -0.1) is 0 Å². The van der Waals surface area contributed by atoms with Gasteiger partial charge in [-0.05, 0) is 50.7 Å². The highest BCUT2D eigenvalue weighted by Crippen LogP contribution is 2.27. The number of aryl methyl sites for hydroxylation is 1. The number of halogens is 2. The maximum absolute atomic E-state index is 13.4. The smallest absolute Gasteiger partial charge is 0.124 e. The Bertz CT molecular complexity index is 630. The van der Waals surface area contributed by atoms with Crippen LogP contribution in [-0.4, -0.2) is 7.05 Å². The Morgan fingerprint density at radius 3 is 2.67 bits per heavy atom. The monoisotopic (exact) mass is 307 g/mol. The van der Waals surface area contributed by atoms with Crippen LogP contribution in [0.2, 0.25) is 5.02 Å². The van der Waals surface area contributed by atoms with Crippen LogP contribution in [0.5, 0.6) is 5.75 Å². The van der Waals surface area contributed by atoms with Gasteiger partial charge in [0, 0.05) is 22.2 Å². The largest absolute Gasteiger partial charge is 0.489 e. The van der Waals surface area contributed by atoms with E-state index in [4.69, 9.17) is 16.3 Å². The van der Waals surface area contributed by atoms with Crippen LogP contribution >= 0.6 is 11.6 Å². The molecular weight excluding hydrogens is 289 g/mol. The van der Waals surface area contributed by atoms with Crippen LogP contribution < -0.4 is 10.1 Å². The van der Waals surface area contributed by atoms with Gasteiger partial charge in [-0.3, -0.25) is 0 Å². The van der Waals surface area contributed by atoms with E-state index in [-0.39, 0.29) is 11.9 Å². The summed E-state index contributed by atoms with van der Waals surface area (Å²) in [5.74, 6) is 0.391. The fraction of sp³-hybridized carbons (Fsp3) is 0.294. The molecule has 1 atom stereocenters. The van der Waals surface area contributed by atoms with E-state index < -0.39 is 0 Å². The fourth-order valence-corrected chi connectivity index (χ4v) is 2.36. The van der Waals surface area contributed by atoms with Gasteiger partial charge < -0.3 is 10.1 Å². The summed E-state index contributed by atoms with van der Waals surface area (Å²) in [6.07, 6.45) is 0. The minimum atomic E-state index is -0.271. The summed E-state index contributed by atoms with van der Waals surface area (Å²) in [5, 5.41) is 3.77. The quantitative estimate of drug-likeness (QED) is 0.868. The number of ether oxygens (including phenoxy) is 1. The van der Waals surface area contributed by atoms with E-state index in [0.717, 1.165) is 16.7 Å². The molecule has 1 unspecified atom stereocenters. The van der Waals surface area contributed by atoms with Gasteiger partial charge >= 0.3 is 0 Å². The number of benzene rings is 2. The first-order valence-corrected chi connectivity index (χ1v) is 7.23. The Morgan fingerprint density at radius 1 is 1.24 bits per heavy atom. The first-order chi connectivity index (χ1) is 10.0. The van der Waals surface area contributed by atoms with E-state index in [9.17, 15) is 4.39 Å². The summed E-state index contributed by atoms with van der Waals surface area (Å²) in [7, 11) is 1.83. The molecular formula is C17H19ClFNO. The molecule has 0 aliphatic carbocycles. The van der Waals surface area contributed by atoms with Gasteiger partial charge in [0.2, 0.25) is 0 Å². The molecule has 2 nitrogen and oxygen atoms in total. The van der Waals surface area contributed by atoms with Gasteiger partial charge in [0.1, 0.15) is 18.2 Å². The van der Waals surface area contributed by atoms with E-state index in [1.807, 2.05) is 39.1 Å². The summed E-state index contributed by atoms with van der Waals surface area (Å²) in [4.78, 5) is 0. The van der Waals surface area contributed by atoms with Crippen molar-refractivity contribution in [3.8, 4) is 5.75 Å². The van der Waals surface area contributed by atoms with Crippen molar-refractivity contribution in [3.05, 3.63) is 63.9 Å². The molecule has 4 heteroatoms. The van der Waals surface area contributed by atoms with Crippen molar-refractivity contribution in [1.82, 2.24) is 5.32 Å². The summed E-state index contributed by atoms with van der Waals surface area (Å²) < 4.78 is 19.2. The molecule has 2 aromatic carbocycles. The predicted molar refractivity (Wildman–Crippen MR) is 84.4 cm³/mol. The van der Waals surface area contributed by atoms with Crippen molar-refractivity contribution < 1.29 is 9.13 Å². The molecule has 0 fully saturated rings.